The van der Waals surface area contributed by atoms with Gasteiger partial charge < -0.3 is 9.47 Å². The number of halogens is 1. The van der Waals surface area contributed by atoms with Gasteiger partial charge in [0.25, 0.3) is 0 Å². The molecule has 21 heavy (non-hydrogen) atoms. The Bertz CT molecular complexity index is 597. The number of nitrogens with zero attached hydrogens (tertiary/aromatic N) is 1. The van der Waals surface area contributed by atoms with E-state index in [0.717, 1.165) is 0 Å². The van der Waals surface area contributed by atoms with E-state index in [9.17, 15) is 4.79 Å². The number of hydrogen-bond acceptors (Lipinski definition) is 4. The minimum absolute atomic E-state index is 0.128. The van der Waals surface area contributed by atoms with Crippen molar-refractivity contribution in [2.75, 3.05) is 6.61 Å². The fourth-order valence-electron chi connectivity index (χ4n) is 1.66. The van der Waals surface area contributed by atoms with Gasteiger partial charge in [-0.05, 0) is 50.2 Å². The predicted molar refractivity (Wildman–Crippen MR) is 80.7 cm³/mol. The zero-order chi connectivity index (χ0) is 15.3. The molecule has 0 saturated carbocycles. The summed E-state index contributed by atoms with van der Waals surface area (Å²) in [5.41, 5.74) is -0.231. The molecule has 0 spiro atoms. The van der Waals surface area contributed by atoms with Gasteiger partial charge in [0.1, 0.15) is 18.0 Å². The topological polar surface area (TPSA) is 48.4 Å². The molecule has 0 aliphatic carbocycles. The number of esters is 1. The van der Waals surface area contributed by atoms with Crippen LogP contribution in [0.2, 0.25) is 5.02 Å². The largest absolute Gasteiger partial charge is 0.484 e. The lowest BCUT2D eigenvalue weighted by Gasteiger charge is -2.26. The summed E-state index contributed by atoms with van der Waals surface area (Å²) in [6, 6.07) is 10.4. The number of aromatic nitrogens is 1. The molecule has 1 aromatic carbocycles. The molecule has 5 heteroatoms. The molecular formula is C16H16ClNO3. The Labute approximate surface area is 128 Å². The molecule has 0 saturated heterocycles. The second kappa shape index (κ2) is 6.59. The highest BCUT2D eigenvalue weighted by Crippen LogP contribution is 2.21. The second-order valence-corrected chi connectivity index (χ2v) is 5.57. The maximum absolute atomic E-state index is 11.9. The van der Waals surface area contributed by atoms with Crippen LogP contribution in [0, 0.1) is 0 Å². The van der Waals surface area contributed by atoms with E-state index >= 15 is 0 Å². The molecule has 2 rings (SSSR count). The summed E-state index contributed by atoms with van der Waals surface area (Å²) in [6.07, 6.45) is 3.07. The molecule has 0 amide bonds. The molecule has 110 valence electrons. The zero-order valence-corrected chi connectivity index (χ0v) is 12.6. The summed E-state index contributed by atoms with van der Waals surface area (Å²) in [4.78, 5) is 15.7. The van der Waals surface area contributed by atoms with Gasteiger partial charge in [-0.1, -0.05) is 11.6 Å². The smallest absolute Gasteiger partial charge is 0.339 e. The second-order valence-electron chi connectivity index (χ2n) is 5.13. The lowest BCUT2D eigenvalue weighted by Crippen LogP contribution is -2.35. The van der Waals surface area contributed by atoms with Gasteiger partial charge in [0.15, 0.2) is 0 Å². The van der Waals surface area contributed by atoms with Crippen molar-refractivity contribution in [3.8, 4) is 5.75 Å². The SMILES string of the molecule is CC(C)(COC(=O)c1cccnc1)Oc1ccc(Cl)cc1. The molecular weight excluding hydrogens is 290 g/mol. The van der Waals surface area contributed by atoms with Gasteiger partial charge in [-0.15, -0.1) is 0 Å². The minimum Gasteiger partial charge on any atom is -0.484 e. The van der Waals surface area contributed by atoms with Gasteiger partial charge in [-0.2, -0.15) is 0 Å². The summed E-state index contributed by atoms with van der Waals surface area (Å²) < 4.78 is 11.1. The standard InChI is InChI=1S/C16H16ClNO3/c1-16(2,21-14-7-5-13(17)6-8-14)11-20-15(19)12-4-3-9-18-10-12/h3-10H,11H2,1-2H3. The van der Waals surface area contributed by atoms with Gasteiger partial charge in [0, 0.05) is 17.4 Å². The summed E-state index contributed by atoms with van der Waals surface area (Å²) in [5, 5.41) is 0.642. The number of carbonyl (C=O) groups excluding carboxylic acids is 1. The number of pyridine rings is 1. The highest BCUT2D eigenvalue weighted by Gasteiger charge is 2.23. The van der Waals surface area contributed by atoms with Crippen molar-refractivity contribution in [1.29, 1.82) is 0 Å². The fraction of sp³-hybridized carbons (Fsp3) is 0.250. The van der Waals surface area contributed by atoms with E-state index in [1.54, 1.807) is 42.6 Å². The Hall–Kier alpha value is -2.07. The Kier molecular flexibility index (Phi) is 4.81. The van der Waals surface area contributed by atoms with Crippen LogP contribution in [0.4, 0.5) is 0 Å². The Morgan fingerprint density at radius 1 is 1.24 bits per heavy atom. The molecule has 0 atom stereocenters. The number of carbonyl (C=O) groups is 1. The average Bonchev–Trinajstić information content (AvgIpc) is 2.48. The molecule has 0 fully saturated rings. The summed E-state index contributed by atoms with van der Waals surface area (Å²) in [7, 11) is 0. The first kappa shape index (κ1) is 15.3. The molecule has 2 aromatic rings. The normalized spacial score (nSPS) is 11.0. The van der Waals surface area contributed by atoms with Crippen LogP contribution in [0.15, 0.2) is 48.8 Å². The zero-order valence-electron chi connectivity index (χ0n) is 11.9. The lowest BCUT2D eigenvalue weighted by atomic mass is 10.1. The van der Waals surface area contributed by atoms with Gasteiger partial charge in [-0.25, -0.2) is 4.79 Å². The number of benzene rings is 1. The maximum atomic E-state index is 11.9. The van der Waals surface area contributed by atoms with Crippen LogP contribution in [0.5, 0.6) is 5.75 Å². The van der Waals surface area contributed by atoms with Crippen molar-refractivity contribution in [3.05, 3.63) is 59.4 Å². The quantitative estimate of drug-likeness (QED) is 0.789. The van der Waals surface area contributed by atoms with Gasteiger partial charge in [0.2, 0.25) is 0 Å². The molecule has 0 aliphatic heterocycles. The van der Waals surface area contributed by atoms with Crippen molar-refractivity contribution in [1.82, 2.24) is 4.98 Å². The van der Waals surface area contributed by atoms with E-state index in [1.165, 1.54) is 6.20 Å². The van der Waals surface area contributed by atoms with Crippen LogP contribution in [-0.2, 0) is 4.74 Å². The Morgan fingerprint density at radius 2 is 1.95 bits per heavy atom. The highest BCUT2D eigenvalue weighted by atomic mass is 35.5. The summed E-state index contributed by atoms with van der Waals surface area (Å²) >= 11 is 5.82. The first-order valence-corrected chi connectivity index (χ1v) is 6.86. The van der Waals surface area contributed by atoms with Crippen molar-refractivity contribution in [2.45, 2.75) is 19.4 Å². The highest BCUT2D eigenvalue weighted by molar-refractivity contribution is 6.30. The predicted octanol–water partition coefficient (Wildman–Crippen LogP) is 3.75. The van der Waals surface area contributed by atoms with E-state index in [2.05, 4.69) is 4.98 Å². The average molecular weight is 306 g/mol. The van der Waals surface area contributed by atoms with E-state index in [-0.39, 0.29) is 6.61 Å². The number of hydrogen-bond donors (Lipinski definition) is 0. The molecule has 0 N–H and O–H groups in total. The first-order valence-electron chi connectivity index (χ1n) is 6.48. The Morgan fingerprint density at radius 3 is 2.57 bits per heavy atom. The van der Waals surface area contributed by atoms with Crippen molar-refractivity contribution < 1.29 is 14.3 Å². The third-order valence-electron chi connectivity index (χ3n) is 2.66. The van der Waals surface area contributed by atoms with Crippen LogP contribution in [0.25, 0.3) is 0 Å². The summed E-state index contributed by atoms with van der Waals surface area (Å²) in [5.74, 6) is 0.248. The van der Waals surface area contributed by atoms with Crippen LogP contribution in [0.1, 0.15) is 24.2 Å². The van der Waals surface area contributed by atoms with Crippen LogP contribution >= 0.6 is 11.6 Å². The van der Waals surface area contributed by atoms with Gasteiger partial charge >= 0.3 is 5.97 Å². The molecule has 1 heterocycles. The van der Waals surface area contributed by atoms with Crippen molar-refractivity contribution in [2.24, 2.45) is 0 Å². The summed E-state index contributed by atoms with van der Waals surface area (Å²) in [6.45, 7) is 3.82. The molecule has 0 unspecified atom stereocenters. The number of ether oxygens (including phenoxy) is 2. The van der Waals surface area contributed by atoms with E-state index in [1.807, 2.05) is 13.8 Å². The number of rotatable bonds is 5. The third-order valence-corrected chi connectivity index (χ3v) is 2.91. The van der Waals surface area contributed by atoms with Gasteiger partial charge in [0.05, 0.1) is 5.56 Å². The van der Waals surface area contributed by atoms with Crippen molar-refractivity contribution in [3.63, 3.8) is 0 Å². The minimum atomic E-state index is -0.647. The first-order chi connectivity index (χ1) is 9.96. The van der Waals surface area contributed by atoms with Crippen LogP contribution in [-0.4, -0.2) is 23.2 Å². The molecule has 0 radical (unpaired) electrons. The molecule has 0 bridgehead atoms. The van der Waals surface area contributed by atoms with E-state index in [0.29, 0.717) is 16.3 Å². The van der Waals surface area contributed by atoms with Gasteiger partial charge in [-0.3, -0.25) is 4.98 Å². The lowest BCUT2D eigenvalue weighted by molar-refractivity contribution is 0.00303. The van der Waals surface area contributed by atoms with E-state index in [4.69, 9.17) is 21.1 Å². The van der Waals surface area contributed by atoms with Crippen molar-refractivity contribution >= 4 is 17.6 Å². The maximum Gasteiger partial charge on any atom is 0.339 e. The molecule has 4 nitrogen and oxygen atoms in total. The molecule has 1 aromatic heterocycles. The Balaban J connectivity index is 1.92. The van der Waals surface area contributed by atoms with Crippen LogP contribution < -0.4 is 4.74 Å². The third kappa shape index (κ3) is 4.76. The van der Waals surface area contributed by atoms with Crippen LogP contribution in [0.3, 0.4) is 0 Å². The fourth-order valence-corrected chi connectivity index (χ4v) is 1.78. The van der Waals surface area contributed by atoms with E-state index < -0.39 is 11.6 Å². The monoisotopic (exact) mass is 305 g/mol. The molecule has 0 aliphatic rings.